The van der Waals surface area contributed by atoms with Gasteiger partial charge in [-0.15, -0.1) is 0 Å². The summed E-state index contributed by atoms with van der Waals surface area (Å²) in [4.78, 5) is 4.39. The minimum Gasteiger partial charge on any atom is -0.431 e. The first-order chi connectivity index (χ1) is 14.2. The molecule has 30 heavy (non-hydrogen) atoms. The van der Waals surface area contributed by atoms with E-state index < -0.39 is 10.0 Å². The molecule has 1 aromatic heterocycles. The molecule has 1 N–H and O–H groups in total. The van der Waals surface area contributed by atoms with Crippen LogP contribution in [0.4, 0.5) is 5.69 Å². The third-order valence-electron chi connectivity index (χ3n) is 4.11. The van der Waals surface area contributed by atoms with Gasteiger partial charge in [0.15, 0.2) is 0 Å². The Kier molecular flexibility index (Phi) is 5.83. The van der Waals surface area contributed by atoms with Crippen LogP contribution in [0.25, 0.3) is 10.2 Å². The molecule has 0 radical (unpaired) electrons. The van der Waals surface area contributed by atoms with E-state index in [1.165, 1.54) is 41.7 Å². The highest BCUT2D eigenvalue weighted by Gasteiger charge is 2.19. The van der Waals surface area contributed by atoms with Crippen LogP contribution in [0.5, 0.6) is 10.9 Å². The number of para-hydroxylation sites is 1. The quantitative estimate of drug-likeness (QED) is 0.316. The number of aromatic nitrogens is 1. The maximum absolute atomic E-state index is 12.7. The Morgan fingerprint density at radius 1 is 1.00 bits per heavy atom. The van der Waals surface area contributed by atoms with Crippen LogP contribution in [0.2, 0.25) is 15.1 Å². The van der Waals surface area contributed by atoms with Crippen molar-refractivity contribution in [3.8, 4) is 10.9 Å². The van der Waals surface area contributed by atoms with Gasteiger partial charge in [0.05, 0.1) is 20.9 Å². The number of rotatable bonds is 5. The zero-order valence-corrected chi connectivity index (χ0v) is 19.2. The summed E-state index contributed by atoms with van der Waals surface area (Å²) in [5, 5.41) is 1.07. The van der Waals surface area contributed by atoms with Crippen molar-refractivity contribution in [3.63, 3.8) is 0 Å². The zero-order valence-electron chi connectivity index (χ0n) is 15.3. The Hall–Kier alpha value is -2.03. The van der Waals surface area contributed by atoms with E-state index in [-0.39, 0.29) is 15.6 Å². The second kappa shape index (κ2) is 8.24. The molecule has 1 heterocycles. The average Bonchev–Trinajstić information content (AvgIpc) is 3.04. The topological polar surface area (TPSA) is 68.3 Å². The predicted octanol–water partition coefficient (Wildman–Crippen LogP) is 7.16. The van der Waals surface area contributed by atoms with E-state index in [4.69, 9.17) is 39.5 Å². The fraction of sp³-hybridized carbons (Fsp3) is 0.0500. The van der Waals surface area contributed by atoms with Crippen molar-refractivity contribution in [2.24, 2.45) is 0 Å². The molecular formula is C20H13Cl3N2O3S2. The fourth-order valence-corrected chi connectivity index (χ4v) is 5.75. The number of sulfonamides is 1. The number of nitrogens with one attached hydrogen (secondary N) is 1. The third kappa shape index (κ3) is 4.50. The first-order valence-corrected chi connectivity index (χ1v) is 12.0. The number of hydrogen-bond acceptors (Lipinski definition) is 5. The Labute approximate surface area is 192 Å². The van der Waals surface area contributed by atoms with E-state index in [1.54, 1.807) is 6.07 Å². The number of anilines is 1. The van der Waals surface area contributed by atoms with Crippen LogP contribution >= 0.6 is 46.1 Å². The van der Waals surface area contributed by atoms with Gasteiger partial charge in [0.25, 0.3) is 15.2 Å². The normalized spacial score (nSPS) is 11.6. The lowest BCUT2D eigenvalue weighted by atomic mass is 10.2. The number of halogens is 3. The van der Waals surface area contributed by atoms with E-state index >= 15 is 0 Å². The van der Waals surface area contributed by atoms with Crippen molar-refractivity contribution in [1.82, 2.24) is 4.98 Å². The maximum atomic E-state index is 12.7. The summed E-state index contributed by atoms with van der Waals surface area (Å²) in [5.41, 5.74) is 2.12. The summed E-state index contributed by atoms with van der Waals surface area (Å²) < 4.78 is 34.8. The number of ether oxygens (including phenoxy) is 1. The second-order valence-corrected chi connectivity index (χ2v) is 10.3. The van der Waals surface area contributed by atoms with Crippen molar-refractivity contribution in [2.45, 2.75) is 11.8 Å². The highest BCUT2D eigenvalue weighted by atomic mass is 35.5. The number of nitrogens with zero attached hydrogens (tertiary/aromatic N) is 1. The molecule has 5 nitrogen and oxygen atoms in total. The van der Waals surface area contributed by atoms with Crippen LogP contribution in [-0.4, -0.2) is 13.4 Å². The molecule has 0 atom stereocenters. The lowest BCUT2D eigenvalue weighted by molar-refractivity contribution is 0.480. The van der Waals surface area contributed by atoms with Crippen molar-refractivity contribution >= 4 is 72.1 Å². The Balaban J connectivity index is 1.63. The molecule has 3 aromatic carbocycles. The second-order valence-electron chi connectivity index (χ2n) is 6.36. The third-order valence-corrected chi connectivity index (χ3v) is 7.33. The molecule has 0 saturated carbocycles. The van der Waals surface area contributed by atoms with E-state index in [0.29, 0.717) is 21.0 Å². The molecule has 0 amide bonds. The SMILES string of the molecule is Cc1cccc2sc(Oc3cc(Cl)cc(NS(=O)(=O)c4ccc(Cl)cc4Cl)c3)nc12. The number of thiazole rings is 1. The van der Waals surface area contributed by atoms with Crippen LogP contribution in [0.15, 0.2) is 59.5 Å². The van der Waals surface area contributed by atoms with Gasteiger partial charge in [0, 0.05) is 16.1 Å². The Morgan fingerprint density at radius 3 is 2.53 bits per heavy atom. The van der Waals surface area contributed by atoms with Gasteiger partial charge in [-0.25, -0.2) is 13.4 Å². The standard InChI is InChI=1S/C20H13Cl3N2O3S2/c1-11-3-2-4-17-19(11)24-20(29-17)28-15-8-13(22)7-14(10-15)25-30(26,27)18-6-5-12(21)9-16(18)23/h2-10,25H,1H3. The summed E-state index contributed by atoms with van der Waals surface area (Å²) in [7, 11) is -3.96. The molecule has 0 aliphatic rings. The molecule has 154 valence electrons. The monoisotopic (exact) mass is 498 g/mol. The van der Waals surface area contributed by atoms with Gasteiger partial charge in [0.1, 0.15) is 10.6 Å². The summed E-state index contributed by atoms with van der Waals surface area (Å²) in [6.45, 7) is 1.97. The largest absolute Gasteiger partial charge is 0.431 e. The fourth-order valence-electron chi connectivity index (χ4n) is 2.79. The Bertz CT molecular complexity index is 1370. The van der Waals surface area contributed by atoms with Crippen LogP contribution in [0, 0.1) is 6.92 Å². The minimum atomic E-state index is -3.96. The van der Waals surface area contributed by atoms with Crippen molar-refractivity contribution in [1.29, 1.82) is 0 Å². The van der Waals surface area contributed by atoms with Crippen LogP contribution in [-0.2, 0) is 10.0 Å². The summed E-state index contributed by atoms with van der Waals surface area (Å²) in [6, 6.07) is 14.6. The highest BCUT2D eigenvalue weighted by Crippen LogP contribution is 2.35. The zero-order chi connectivity index (χ0) is 21.5. The van der Waals surface area contributed by atoms with Crippen LogP contribution in [0.1, 0.15) is 5.56 Å². The first kappa shape index (κ1) is 21.2. The van der Waals surface area contributed by atoms with E-state index in [0.717, 1.165) is 15.8 Å². The molecule has 0 bridgehead atoms. The number of aryl methyl sites for hydroxylation is 1. The molecule has 10 heteroatoms. The van der Waals surface area contributed by atoms with Gasteiger partial charge in [-0.3, -0.25) is 4.72 Å². The van der Waals surface area contributed by atoms with E-state index in [2.05, 4.69) is 9.71 Å². The van der Waals surface area contributed by atoms with Gasteiger partial charge in [-0.2, -0.15) is 0 Å². The molecule has 0 aliphatic heterocycles. The van der Waals surface area contributed by atoms with Crippen molar-refractivity contribution < 1.29 is 13.2 Å². The molecule has 0 spiro atoms. The van der Waals surface area contributed by atoms with Gasteiger partial charge in [0.2, 0.25) is 0 Å². The molecule has 0 aliphatic carbocycles. The van der Waals surface area contributed by atoms with Gasteiger partial charge >= 0.3 is 0 Å². The van der Waals surface area contributed by atoms with Crippen LogP contribution in [0.3, 0.4) is 0 Å². The van der Waals surface area contributed by atoms with Gasteiger partial charge in [-0.1, -0.05) is 58.3 Å². The van der Waals surface area contributed by atoms with E-state index in [1.807, 2.05) is 25.1 Å². The molecule has 4 aromatic rings. The van der Waals surface area contributed by atoms with Gasteiger partial charge in [-0.05, 0) is 48.9 Å². The molecule has 0 fully saturated rings. The summed E-state index contributed by atoms with van der Waals surface area (Å²) >= 11 is 19.4. The molecule has 4 rings (SSSR count). The lowest BCUT2D eigenvalue weighted by Gasteiger charge is -2.11. The van der Waals surface area contributed by atoms with Crippen LogP contribution < -0.4 is 9.46 Å². The highest BCUT2D eigenvalue weighted by molar-refractivity contribution is 7.92. The molecule has 0 saturated heterocycles. The first-order valence-electron chi connectivity index (χ1n) is 8.54. The summed E-state index contributed by atoms with van der Waals surface area (Å²) in [6.07, 6.45) is 0. The van der Waals surface area contributed by atoms with Crippen molar-refractivity contribution in [2.75, 3.05) is 4.72 Å². The lowest BCUT2D eigenvalue weighted by Crippen LogP contribution is -2.13. The maximum Gasteiger partial charge on any atom is 0.279 e. The molecule has 0 unspecified atom stereocenters. The predicted molar refractivity (Wildman–Crippen MR) is 123 cm³/mol. The minimum absolute atomic E-state index is 0.0124. The van der Waals surface area contributed by atoms with Crippen molar-refractivity contribution in [3.05, 3.63) is 75.2 Å². The number of hydrogen-bond donors (Lipinski definition) is 1. The Morgan fingerprint density at radius 2 is 1.80 bits per heavy atom. The smallest absolute Gasteiger partial charge is 0.279 e. The number of benzene rings is 3. The summed E-state index contributed by atoms with van der Waals surface area (Å²) in [5.74, 6) is 0.346. The van der Waals surface area contributed by atoms with Gasteiger partial charge < -0.3 is 4.74 Å². The number of fused-ring (bicyclic) bond motifs is 1. The van der Waals surface area contributed by atoms with E-state index in [9.17, 15) is 8.42 Å². The average molecular weight is 500 g/mol. The molecular weight excluding hydrogens is 487 g/mol.